The summed E-state index contributed by atoms with van der Waals surface area (Å²) in [5.41, 5.74) is 5.20. The van der Waals surface area contributed by atoms with Gasteiger partial charge in [0.25, 0.3) is 0 Å². The standard InChI is InChI=1S/C32H30N4O4S/c1-38-29-17-22(31(37)39-2)14-15-23(29)20-41-32-35-34-30(36(32)19-24-11-8-16-40-24)26-18-28(21-9-4-3-5-10-21)33-27-13-7-6-12-25(26)27/h3-7,9-10,12-15,17-18,24H,8,11,16,19-20H2,1-2H3/t24-/m0/s1. The van der Waals surface area contributed by atoms with Crippen molar-refractivity contribution in [1.82, 2.24) is 19.7 Å². The summed E-state index contributed by atoms with van der Waals surface area (Å²) in [5.74, 6) is 1.59. The Bertz CT molecular complexity index is 1680. The fourth-order valence-electron chi connectivity index (χ4n) is 5.12. The van der Waals surface area contributed by atoms with Gasteiger partial charge < -0.3 is 14.2 Å². The Balaban J connectivity index is 1.40. The zero-order valence-corrected chi connectivity index (χ0v) is 23.8. The fourth-order valence-corrected chi connectivity index (χ4v) is 6.06. The van der Waals surface area contributed by atoms with Crippen LogP contribution in [0.4, 0.5) is 0 Å². The fraction of sp³-hybridized carbons (Fsp3) is 0.250. The van der Waals surface area contributed by atoms with Gasteiger partial charge in [-0.15, -0.1) is 10.2 Å². The lowest BCUT2D eigenvalue weighted by Crippen LogP contribution is -2.16. The van der Waals surface area contributed by atoms with Gasteiger partial charge in [0.2, 0.25) is 0 Å². The van der Waals surface area contributed by atoms with Gasteiger partial charge in [-0.05, 0) is 37.1 Å². The Morgan fingerprint density at radius 1 is 1.02 bits per heavy atom. The van der Waals surface area contributed by atoms with Crippen molar-refractivity contribution in [1.29, 1.82) is 0 Å². The van der Waals surface area contributed by atoms with Crippen LogP contribution in [0.3, 0.4) is 0 Å². The molecule has 0 aliphatic carbocycles. The van der Waals surface area contributed by atoms with Crippen molar-refractivity contribution in [3.05, 3.63) is 90.0 Å². The SMILES string of the molecule is COC(=O)c1ccc(CSc2nnc(-c3cc(-c4ccccc4)nc4ccccc34)n2C[C@@H]2CCCO2)c(OC)c1. The van der Waals surface area contributed by atoms with Crippen molar-refractivity contribution in [3.8, 4) is 28.4 Å². The summed E-state index contributed by atoms with van der Waals surface area (Å²) < 4.78 is 18.7. The number of hydrogen-bond donors (Lipinski definition) is 0. The Labute approximate surface area is 242 Å². The molecule has 9 heteroatoms. The first kappa shape index (κ1) is 27.0. The van der Waals surface area contributed by atoms with Crippen LogP contribution in [0.15, 0.2) is 84.0 Å². The van der Waals surface area contributed by atoms with Crippen LogP contribution in [0.5, 0.6) is 5.75 Å². The predicted molar refractivity (Wildman–Crippen MR) is 159 cm³/mol. The lowest BCUT2D eigenvalue weighted by atomic mass is 10.0. The normalized spacial score (nSPS) is 14.8. The molecule has 41 heavy (non-hydrogen) atoms. The number of hydrogen-bond acceptors (Lipinski definition) is 8. The highest BCUT2D eigenvalue weighted by atomic mass is 32.2. The lowest BCUT2D eigenvalue weighted by Gasteiger charge is -2.16. The van der Waals surface area contributed by atoms with Crippen molar-refractivity contribution < 1.29 is 19.0 Å². The largest absolute Gasteiger partial charge is 0.496 e. The molecule has 0 bridgehead atoms. The van der Waals surface area contributed by atoms with Crippen LogP contribution < -0.4 is 4.74 Å². The molecule has 1 aliphatic heterocycles. The van der Waals surface area contributed by atoms with E-state index in [9.17, 15) is 4.79 Å². The van der Waals surface area contributed by atoms with Gasteiger partial charge in [-0.1, -0.05) is 66.4 Å². The minimum atomic E-state index is -0.400. The molecule has 0 saturated carbocycles. The Hall–Kier alpha value is -4.21. The van der Waals surface area contributed by atoms with Crippen molar-refractivity contribution >= 4 is 28.6 Å². The number of esters is 1. The third-order valence-electron chi connectivity index (χ3n) is 7.22. The number of ether oxygens (including phenoxy) is 3. The number of para-hydroxylation sites is 1. The van der Waals surface area contributed by atoms with E-state index in [4.69, 9.17) is 24.3 Å². The van der Waals surface area contributed by atoms with Crippen LogP contribution in [0, 0.1) is 0 Å². The molecular formula is C32H30N4O4S. The quantitative estimate of drug-likeness (QED) is 0.149. The van der Waals surface area contributed by atoms with Gasteiger partial charge in [-0.2, -0.15) is 0 Å². The molecule has 1 saturated heterocycles. The number of nitrogens with zero attached hydrogens (tertiary/aromatic N) is 4. The molecule has 5 aromatic rings. The van der Waals surface area contributed by atoms with Crippen LogP contribution in [0.25, 0.3) is 33.5 Å². The summed E-state index contributed by atoms with van der Waals surface area (Å²) in [6, 6.07) is 25.8. The molecule has 208 valence electrons. The van der Waals surface area contributed by atoms with E-state index in [-0.39, 0.29) is 6.10 Å². The molecule has 0 N–H and O–H groups in total. The minimum Gasteiger partial charge on any atom is -0.496 e. The molecule has 1 atom stereocenters. The molecule has 3 aromatic carbocycles. The summed E-state index contributed by atoms with van der Waals surface area (Å²) in [7, 11) is 2.97. The third-order valence-corrected chi connectivity index (χ3v) is 8.23. The highest BCUT2D eigenvalue weighted by Crippen LogP contribution is 2.35. The Morgan fingerprint density at radius 3 is 2.63 bits per heavy atom. The predicted octanol–water partition coefficient (Wildman–Crippen LogP) is 6.43. The second-order valence-corrected chi connectivity index (χ2v) is 10.7. The zero-order chi connectivity index (χ0) is 28.2. The maximum atomic E-state index is 12.0. The number of carbonyl (C=O) groups is 1. The second-order valence-electron chi connectivity index (χ2n) is 9.80. The monoisotopic (exact) mass is 566 g/mol. The number of aromatic nitrogens is 4. The smallest absolute Gasteiger partial charge is 0.337 e. The molecule has 0 amide bonds. The summed E-state index contributed by atoms with van der Waals surface area (Å²) in [6.45, 7) is 1.42. The van der Waals surface area contributed by atoms with E-state index in [1.165, 1.54) is 7.11 Å². The first-order valence-electron chi connectivity index (χ1n) is 13.5. The topological polar surface area (TPSA) is 88.4 Å². The maximum Gasteiger partial charge on any atom is 0.337 e. The number of thioether (sulfide) groups is 1. The Morgan fingerprint density at radius 2 is 1.85 bits per heavy atom. The van der Waals surface area contributed by atoms with Gasteiger partial charge >= 0.3 is 5.97 Å². The van der Waals surface area contributed by atoms with Crippen LogP contribution in [0.2, 0.25) is 0 Å². The van der Waals surface area contributed by atoms with E-state index in [0.29, 0.717) is 23.6 Å². The van der Waals surface area contributed by atoms with Crippen LogP contribution in [-0.2, 0) is 21.8 Å². The second kappa shape index (κ2) is 12.1. The molecular weight excluding hydrogens is 536 g/mol. The summed E-state index contributed by atoms with van der Waals surface area (Å²) in [4.78, 5) is 17.0. The molecule has 0 spiro atoms. The summed E-state index contributed by atoms with van der Waals surface area (Å²) in [6.07, 6.45) is 2.14. The minimum absolute atomic E-state index is 0.0969. The molecule has 6 rings (SSSR count). The third kappa shape index (κ3) is 5.68. The molecule has 1 aliphatic rings. The van der Waals surface area contributed by atoms with Gasteiger partial charge in [-0.3, -0.25) is 4.57 Å². The number of fused-ring (bicyclic) bond motifs is 1. The number of carbonyl (C=O) groups excluding carboxylic acids is 1. The molecule has 0 unspecified atom stereocenters. The first-order chi connectivity index (χ1) is 20.1. The van der Waals surface area contributed by atoms with E-state index in [1.54, 1.807) is 31.0 Å². The van der Waals surface area contributed by atoms with Crippen LogP contribution in [-0.4, -0.2) is 52.6 Å². The van der Waals surface area contributed by atoms with Crippen molar-refractivity contribution in [2.45, 2.75) is 36.4 Å². The van der Waals surface area contributed by atoms with Crippen LogP contribution in [0.1, 0.15) is 28.8 Å². The van der Waals surface area contributed by atoms with Gasteiger partial charge in [0.05, 0.1) is 43.6 Å². The van der Waals surface area contributed by atoms with Gasteiger partial charge in [0.15, 0.2) is 11.0 Å². The maximum absolute atomic E-state index is 12.0. The van der Waals surface area contributed by atoms with Gasteiger partial charge in [0.1, 0.15) is 5.75 Å². The number of methoxy groups -OCH3 is 2. The molecule has 8 nitrogen and oxygen atoms in total. The van der Waals surface area contributed by atoms with E-state index < -0.39 is 5.97 Å². The number of rotatable bonds is 9. The van der Waals surface area contributed by atoms with Crippen molar-refractivity contribution in [2.75, 3.05) is 20.8 Å². The Kier molecular flexibility index (Phi) is 7.98. The average molecular weight is 567 g/mol. The molecule has 3 heterocycles. The van der Waals surface area contributed by atoms with Crippen LogP contribution >= 0.6 is 11.8 Å². The first-order valence-corrected chi connectivity index (χ1v) is 14.5. The van der Waals surface area contributed by atoms with E-state index in [0.717, 1.165) is 63.7 Å². The summed E-state index contributed by atoms with van der Waals surface area (Å²) in [5, 5.41) is 11.2. The number of benzene rings is 3. The van der Waals surface area contributed by atoms with E-state index in [1.807, 2.05) is 42.5 Å². The molecule has 2 aromatic heterocycles. The van der Waals surface area contributed by atoms with E-state index >= 15 is 0 Å². The molecule has 0 radical (unpaired) electrons. The lowest BCUT2D eigenvalue weighted by molar-refractivity contribution is 0.0600. The van der Waals surface area contributed by atoms with Gasteiger partial charge in [0, 0.05) is 34.4 Å². The van der Waals surface area contributed by atoms with Gasteiger partial charge in [-0.25, -0.2) is 9.78 Å². The van der Waals surface area contributed by atoms with Crippen molar-refractivity contribution in [3.63, 3.8) is 0 Å². The summed E-state index contributed by atoms with van der Waals surface area (Å²) >= 11 is 1.58. The average Bonchev–Trinajstić information content (AvgIpc) is 3.69. The molecule has 1 fully saturated rings. The number of pyridine rings is 1. The van der Waals surface area contributed by atoms with Crippen molar-refractivity contribution in [2.24, 2.45) is 0 Å². The zero-order valence-electron chi connectivity index (χ0n) is 22.9. The highest BCUT2D eigenvalue weighted by molar-refractivity contribution is 7.98. The highest BCUT2D eigenvalue weighted by Gasteiger charge is 2.24. The van der Waals surface area contributed by atoms with E-state index in [2.05, 4.69) is 33.9 Å².